The number of hydrogen-bond donors (Lipinski definition) is 1. The zero-order valence-corrected chi connectivity index (χ0v) is 10.0. The molecule has 0 saturated heterocycles. The van der Waals surface area contributed by atoms with Gasteiger partial charge in [0.25, 0.3) is 0 Å². The summed E-state index contributed by atoms with van der Waals surface area (Å²) in [5.41, 5.74) is 6.61. The summed E-state index contributed by atoms with van der Waals surface area (Å²) in [6.07, 6.45) is 0. The fourth-order valence-electron chi connectivity index (χ4n) is 1.22. The third kappa shape index (κ3) is 2.62. The molecule has 0 fully saturated rings. The normalized spacial score (nSPS) is 10.0. The van der Waals surface area contributed by atoms with Crippen molar-refractivity contribution in [2.24, 2.45) is 5.73 Å². The molecule has 0 aliphatic carbocycles. The Morgan fingerprint density at radius 1 is 1.50 bits per heavy atom. The molecule has 0 saturated carbocycles. The van der Waals surface area contributed by atoms with Gasteiger partial charge in [-0.15, -0.1) is 0 Å². The van der Waals surface area contributed by atoms with Gasteiger partial charge >= 0.3 is 0 Å². The molecule has 2 N–H and O–H groups in total. The molecule has 0 amide bonds. The monoisotopic (exact) mass is 258 g/mol. The number of hydrogen-bond acceptors (Lipinski definition) is 3. The highest BCUT2D eigenvalue weighted by atomic mass is 79.9. The molecule has 0 aromatic heterocycles. The number of ether oxygens (including phenoxy) is 1. The van der Waals surface area contributed by atoms with Crippen LogP contribution >= 0.6 is 15.9 Å². The number of anilines is 1. The van der Waals surface area contributed by atoms with Crippen molar-refractivity contribution < 1.29 is 4.74 Å². The largest absolute Gasteiger partial charge is 0.496 e. The number of nitrogens with two attached hydrogens (primary N) is 1. The minimum atomic E-state index is 0.653. The highest BCUT2D eigenvalue weighted by Gasteiger charge is 2.04. The first-order valence-corrected chi connectivity index (χ1v) is 5.23. The molecule has 78 valence electrons. The topological polar surface area (TPSA) is 38.5 Å². The maximum atomic E-state index is 5.48. The van der Waals surface area contributed by atoms with E-state index in [-0.39, 0.29) is 0 Å². The fourth-order valence-corrected chi connectivity index (χ4v) is 1.74. The second-order valence-electron chi connectivity index (χ2n) is 3.03. The van der Waals surface area contributed by atoms with Gasteiger partial charge in [-0.1, -0.05) is 0 Å². The average molecular weight is 259 g/mol. The number of likely N-dealkylation sites (N-methyl/N-ethyl adjacent to an activating group) is 1. The smallest absolute Gasteiger partial charge is 0.133 e. The Morgan fingerprint density at radius 3 is 2.71 bits per heavy atom. The third-order valence-corrected chi connectivity index (χ3v) is 2.66. The SMILES string of the molecule is COc1ccc(N(C)CCN)cc1Br. The lowest BCUT2D eigenvalue weighted by Gasteiger charge is -2.19. The Balaban J connectivity index is 2.85. The first-order valence-electron chi connectivity index (χ1n) is 4.43. The number of rotatable bonds is 4. The summed E-state index contributed by atoms with van der Waals surface area (Å²) in [7, 11) is 3.67. The Morgan fingerprint density at radius 2 is 2.21 bits per heavy atom. The Labute approximate surface area is 93.0 Å². The van der Waals surface area contributed by atoms with Gasteiger partial charge < -0.3 is 15.4 Å². The minimum Gasteiger partial charge on any atom is -0.496 e. The number of methoxy groups -OCH3 is 1. The van der Waals surface area contributed by atoms with E-state index in [1.165, 1.54) is 0 Å². The van der Waals surface area contributed by atoms with E-state index in [1.54, 1.807) is 7.11 Å². The lowest BCUT2D eigenvalue weighted by Crippen LogP contribution is -2.24. The van der Waals surface area contributed by atoms with Gasteiger partial charge in [-0.2, -0.15) is 0 Å². The fraction of sp³-hybridized carbons (Fsp3) is 0.400. The molecular weight excluding hydrogens is 244 g/mol. The average Bonchev–Trinajstić information content (AvgIpc) is 2.18. The zero-order chi connectivity index (χ0) is 10.6. The molecule has 4 heteroatoms. The van der Waals surface area contributed by atoms with Gasteiger partial charge in [0.05, 0.1) is 11.6 Å². The van der Waals surface area contributed by atoms with Crippen molar-refractivity contribution in [1.29, 1.82) is 0 Å². The van der Waals surface area contributed by atoms with E-state index in [4.69, 9.17) is 10.5 Å². The predicted molar refractivity (Wildman–Crippen MR) is 63.0 cm³/mol. The minimum absolute atomic E-state index is 0.653. The van der Waals surface area contributed by atoms with Crippen LogP contribution in [0, 0.1) is 0 Å². The van der Waals surface area contributed by atoms with E-state index in [9.17, 15) is 0 Å². The first-order chi connectivity index (χ1) is 6.69. The van der Waals surface area contributed by atoms with Crippen molar-refractivity contribution in [3.05, 3.63) is 22.7 Å². The highest BCUT2D eigenvalue weighted by Crippen LogP contribution is 2.28. The molecular formula is C10H15BrN2O. The van der Waals surface area contributed by atoms with Crippen LogP contribution in [0.25, 0.3) is 0 Å². The van der Waals surface area contributed by atoms with Gasteiger partial charge in [0.15, 0.2) is 0 Å². The van der Waals surface area contributed by atoms with Crippen molar-refractivity contribution in [3.63, 3.8) is 0 Å². The van der Waals surface area contributed by atoms with Gasteiger partial charge in [-0.05, 0) is 34.1 Å². The van der Waals surface area contributed by atoms with Crippen LogP contribution in [-0.2, 0) is 0 Å². The van der Waals surface area contributed by atoms with Crippen molar-refractivity contribution in [3.8, 4) is 5.75 Å². The van der Waals surface area contributed by atoms with Crippen LogP contribution in [-0.4, -0.2) is 27.2 Å². The molecule has 0 bridgehead atoms. The Hall–Kier alpha value is -0.740. The standard InChI is InChI=1S/C10H15BrN2O/c1-13(6-5-12)8-3-4-10(14-2)9(11)7-8/h3-4,7H,5-6,12H2,1-2H3. The third-order valence-electron chi connectivity index (χ3n) is 2.04. The summed E-state index contributed by atoms with van der Waals surface area (Å²) in [6, 6.07) is 5.97. The van der Waals surface area contributed by atoms with Gasteiger partial charge in [0.2, 0.25) is 0 Å². The molecule has 0 heterocycles. The Bertz CT molecular complexity index is 304. The molecule has 0 aliphatic rings. The van der Waals surface area contributed by atoms with Crippen LogP contribution in [0.4, 0.5) is 5.69 Å². The van der Waals surface area contributed by atoms with Gasteiger partial charge in [0.1, 0.15) is 5.75 Å². The van der Waals surface area contributed by atoms with E-state index in [1.807, 2.05) is 25.2 Å². The molecule has 1 aromatic rings. The molecule has 0 aliphatic heterocycles. The second-order valence-corrected chi connectivity index (χ2v) is 3.88. The van der Waals surface area contributed by atoms with Gasteiger partial charge in [-0.25, -0.2) is 0 Å². The molecule has 0 spiro atoms. The van der Waals surface area contributed by atoms with E-state index < -0.39 is 0 Å². The summed E-state index contributed by atoms with van der Waals surface area (Å²) < 4.78 is 6.11. The van der Waals surface area contributed by atoms with Crippen LogP contribution < -0.4 is 15.4 Å². The maximum absolute atomic E-state index is 5.48. The first kappa shape index (κ1) is 11.3. The summed E-state index contributed by atoms with van der Waals surface area (Å²) in [5.74, 6) is 0.842. The molecule has 1 aromatic carbocycles. The van der Waals surface area contributed by atoms with E-state index in [0.717, 1.165) is 22.5 Å². The van der Waals surface area contributed by atoms with Crippen molar-refractivity contribution >= 4 is 21.6 Å². The molecule has 0 atom stereocenters. The summed E-state index contributed by atoms with van der Waals surface area (Å²) in [4.78, 5) is 2.10. The second kappa shape index (κ2) is 5.22. The van der Waals surface area contributed by atoms with Crippen LogP contribution in [0.1, 0.15) is 0 Å². The molecule has 0 radical (unpaired) electrons. The molecule has 1 rings (SSSR count). The zero-order valence-electron chi connectivity index (χ0n) is 8.46. The van der Waals surface area contributed by atoms with Crippen molar-refractivity contribution in [2.75, 3.05) is 32.1 Å². The van der Waals surface area contributed by atoms with Crippen molar-refractivity contribution in [1.82, 2.24) is 0 Å². The van der Waals surface area contributed by atoms with Crippen LogP contribution in [0.5, 0.6) is 5.75 Å². The maximum Gasteiger partial charge on any atom is 0.133 e. The van der Waals surface area contributed by atoms with E-state index >= 15 is 0 Å². The summed E-state index contributed by atoms with van der Waals surface area (Å²) >= 11 is 3.44. The predicted octanol–water partition coefficient (Wildman–Crippen LogP) is 1.85. The summed E-state index contributed by atoms with van der Waals surface area (Å²) in [5, 5.41) is 0. The highest BCUT2D eigenvalue weighted by molar-refractivity contribution is 9.10. The quantitative estimate of drug-likeness (QED) is 0.896. The molecule has 14 heavy (non-hydrogen) atoms. The van der Waals surface area contributed by atoms with Crippen molar-refractivity contribution in [2.45, 2.75) is 0 Å². The van der Waals surface area contributed by atoms with Crippen LogP contribution in [0.2, 0.25) is 0 Å². The number of benzene rings is 1. The lowest BCUT2D eigenvalue weighted by atomic mass is 10.3. The van der Waals surface area contributed by atoms with Gasteiger partial charge in [-0.3, -0.25) is 0 Å². The van der Waals surface area contributed by atoms with Crippen LogP contribution in [0.15, 0.2) is 22.7 Å². The molecule has 3 nitrogen and oxygen atoms in total. The number of halogens is 1. The van der Waals surface area contributed by atoms with E-state index in [2.05, 4.69) is 20.8 Å². The summed E-state index contributed by atoms with van der Waals surface area (Å²) in [6.45, 7) is 1.50. The van der Waals surface area contributed by atoms with Crippen LogP contribution in [0.3, 0.4) is 0 Å². The lowest BCUT2D eigenvalue weighted by molar-refractivity contribution is 0.412. The number of nitrogens with zero attached hydrogens (tertiary/aromatic N) is 1. The van der Waals surface area contributed by atoms with E-state index in [0.29, 0.717) is 6.54 Å². The molecule has 0 unspecified atom stereocenters. The Kier molecular flexibility index (Phi) is 4.22. The van der Waals surface area contributed by atoms with Gasteiger partial charge in [0, 0.05) is 25.8 Å².